The average Bonchev–Trinajstić information content (AvgIpc) is 2.50. The van der Waals surface area contributed by atoms with E-state index in [1.165, 1.54) is 6.26 Å². The number of amides is 1. The summed E-state index contributed by atoms with van der Waals surface area (Å²) < 4.78 is 10.4. The van der Waals surface area contributed by atoms with Gasteiger partial charge in [-0.25, -0.2) is 0 Å². The second-order valence-corrected chi connectivity index (χ2v) is 4.84. The predicted octanol–water partition coefficient (Wildman–Crippen LogP) is 0.638. The Hall–Kier alpha value is -1.23. The van der Waals surface area contributed by atoms with E-state index in [4.69, 9.17) is 9.47 Å². The van der Waals surface area contributed by atoms with Gasteiger partial charge in [0.15, 0.2) is 0 Å². The molecule has 0 aromatic heterocycles. The van der Waals surface area contributed by atoms with Gasteiger partial charge in [-0.05, 0) is 26.2 Å². The standard InChI is InChI=1S/C12H19NO4/c1-12(15)3-2-5-13(6-4-12)11(14)10-9-16-7-8-17-10/h9,15H,2-8H2,1H3. The number of likely N-dealkylation sites (tertiary alicyclic amines) is 1. The molecule has 1 amide bonds. The lowest BCUT2D eigenvalue weighted by Crippen LogP contribution is -2.36. The zero-order chi connectivity index (χ0) is 12.3. The minimum Gasteiger partial charge on any atom is -0.494 e. The molecule has 0 radical (unpaired) electrons. The van der Waals surface area contributed by atoms with Crippen LogP contribution in [-0.2, 0) is 14.3 Å². The minimum absolute atomic E-state index is 0.137. The molecule has 2 heterocycles. The zero-order valence-corrected chi connectivity index (χ0v) is 10.1. The van der Waals surface area contributed by atoms with Crippen molar-refractivity contribution in [3.05, 3.63) is 12.0 Å². The smallest absolute Gasteiger partial charge is 0.292 e. The van der Waals surface area contributed by atoms with E-state index in [-0.39, 0.29) is 11.7 Å². The van der Waals surface area contributed by atoms with E-state index in [1.807, 2.05) is 6.92 Å². The quantitative estimate of drug-likeness (QED) is 0.732. The molecule has 0 spiro atoms. The molecular formula is C12H19NO4. The van der Waals surface area contributed by atoms with Gasteiger partial charge in [-0.3, -0.25) is 4.79 Å². The van der Waals surface area contributed by atoms with Crippen LogP contribution in [0.3, 0.4) is 0 Å². The highest BCUT2D eigenvalue weighted by Gasteiger charge is 2.29. The molecule has 0 saturated carbocycles. The van der Waals surface area contributed by atoms with Crippen LogP contribution in [0.5, 0.6) is 0 Å². The maximum absolute atomic E-state index is 12.1. The largest absolute Gasteiger partial charge is 0.494 e. The third-order valence-corrected chi connectivity index (χ3v) is 3.21. The van der Waals surface area contributed by atoms with E-state index in [2.05, 4.69) is 0 Å². The van der Waals surface area contributed by atoms with Crippen LogP contribution >= 0.6 is 0 Å². The van der Waals surface area contributed by atoms with Crippen molar-refractivity contribution in [2.75, 3.05) is 26.3 Å². The molecule has 5 nitrogen and oxygen atoms in total. The second kappa shape index (κ2) is 4.96. The third kappa shape index (κ3) is 3.12. The van der Waals surface area contributed by atoms with Crippen LogP contribution in [0.2, 0.25) is 0 Å². The van der Waals surface area contributed by atoms with E-state index < -0.39 is 5.60 Å². The number of ether oxygens (including phenoxy) is 2. The van der Waals surface area contributed by atoms with Gasteiger partial charge in [0.1, 0.15) is 19.5 Å². The van der Waals surface area contributed by atoms with Gasteiger partial charge in [-0.1, -0.05) is 0 Å². The van der Waals surface area contributed by atoms with Gasteiger partial charge in [-0.15, -0.1) is 0 Å². The molecule has 5 heteroatoms. The van der Waals surface area contributed by atoms with E-state index >= 15 is 0 Å². The van der Waals surface area contributed by atoms with Gasteiger partial charge < -0.3 is 19.5 Å². The van der Waals surface area contributed by atoms with Crippen molar-refractivity contribution in [2.45, 2.75) is 31.8 Å². The first-order valence-corrected chi connectivity index (χ1v) is 6.05. The molecule has 2 aliphatic heterocycles. The molecule has 0 aromatic carbocycles. The van der Waals surface area contributed by atoms with Gasteiger partial charge in [0.25, 0.3) is 5.91 Å². The Labute approximate surface area is 101 Å². The lowest BCUT2D eigenvalue weighted by molar-refractivity contribution is -0.132. The van der Waals surface area contributed by atoms with E-state index in [0.29, 0.717) is 32.7 Å². The van der Waals surface area contributed by atoms with Gasteiger partial charge in [-0.2, -0.15) is 0 Å². The Kier molecular flexibility index (Phi) is 3.57. The second-order valence-electron chi connectivity index (χ2n) is 4.84. The van der Waals surface area contributed by atoms with Crippen molar-refractivity contribution < 1.29 is 19.4 Å². The maximum Gasteiger partial charge on any atom is 0.292 e. The summed E-state index contributed by atoms with van der Waals surface area (Å²) in [6.45, 7) is 3.96. The fourth-order valence-corrected chi connectivity index (χ4v) is 2.10. The average molecular weight is 241 g/mol. The molecule has 2 rings (SSSR count). The van der Waals surface area contributed by atoms with Crippen molar-refractivity contribution in [3.8, 4) is 0 Å². The number of carbonyl (C=O) groups excluding carboxylic acids is 1. The van der Waals surface area contributed by atoms with Crippen LogP contribution in [0.4, 0.5) is 0 Å². The molecule has 1 atom stereocenters. The zero-order valence-electron chi connectivity index (χ0n) is 10.1. The Morgan fingerprint density at radius 2 is 2.24 bits per heavy atom. The number of rotatable bonds is 1. The summed E-state index contributed by atoms with van der Waals surface area (Å²) >= 11 is 0. The highest BCUT2D eigenvalue weighted by Crippen LogP contribution is 2.22. The normalized spacial score (nSPS) is 29.8. The first-order chi connectivity index (χ1) is 8.08. The maximum atomic E-state index is 12.1. The van der Waals surface area contributed by atoms with Gasteiger partial charge in [0, 0.05) is 13.1 Å². The summed E-state index contributed by atoms with van der Waals surface area (Å²) in [7, 11) is 0. The van der Waals surface area contributed by atoms with Crippen molar-refractivity contribution in [2.24, 2.45) is 0 Å². The van der Waals surface area contributed by atoms with Crippen LogP contribution in [-0.4, -0.2) is 47.8 Å². The summed E-state index contributed by atoms with van der Waals surface area (Å²) in [6, 6.07) is 0. The van der Waals surface area contributed by atoms with Crippen LogP contribution in [0.15, 0.2) is 12.0 Å². The highest BCUT2D eigenvalue weighted by molar-refractivity contribution is 5.91. The fourth-order valence-electron chi connectivity index (χ4n) is 2.10. The monoisotopic (exact) mass is 241 g/mol. The lowest BCUT2D eigenvalue weighted by atomic mass is 9.98. The van der Waals surface area contributed by atoms with Crippen molar-refractivity contribution >= 4 is 5.91 Å². The van der Waals surface area contributed by atoms with Gasteiger partial charge in [0.05, 0.1) is 5.60 Å². The fraction of sp³-hybridized carbons (Fsp3) is 0.750. The number of aliphatic hydroxyl groups is 1. The summed E-state index contributed by atoms with van der Waals surface area (Å²) in [5.41, 5.74) is -0.659. The Balaban J connectivity index is 1.97. The van der Waals surface area contributed by atoms with Gasteiger partial charge >= 0.3 is 0 Å². The Bertz CT molecular complexity index is 324. The van der Waals surface area contributed by atoms with Crippen LogP contribution in [0.25, 0.3) is 0 Å². The third-order valence-electron chi connectivity index (χ3n) is 3.21. The van der Waals surface area contributed by atoms with Crippen LogP contribution in [0, 0.1) is 0 Å². The molecule has 0 aromatic rings. The molecule has 1 N–H and O–H groups in total. The number of nitrogens with zero attached hydrogens (tertiary/aromatic N) is 1. The van der Waals surface area contributed by atoms with Crippen molar-refractivity contribution in [1.82, 2.24) is 4.90 Å². The molecule has 1 saturated heterocycles. The first-order valence-electron chi connectivity index (χ1n) is 6.05. The molecule has 1 fully saturated rings. The van der Waals surface area contributed by atoms with Gasteiger partial charge in [0.2, 0.25) is 5.76 Å². The summed E-state index contributed by atoms with van der Waals surface area (Å²) in [6.07, 6.45) is 3.53. The molecule has 0 bridgehead atoms. The number of hydrogen-bond acceptors (Lipinski definition) is 4. The van der Waals surface area contributed by atoms with Crippen LogP contribution < -0.4 is 0 Å². The predicted molar refractivity (Wildman–Crippen MR) is 61.0 cm³/mol. The molecular weight excluding hydrogens is 222 g/mol. The van der Waals surface area contributed by atoms with E-state index in [0.717, 1.165) is 12.8 Å². The summed E-state index contributed by atoms with van der Waals surface area (Å²) in [5.74, 6) is 0.139. The van der Waals surface area contributed by atoms with E-state index in [1.54, 1.807) is 4.90 Å². The summed E-state index contributed by atoms with van der Waals surface area (Å²) in [4.78, 5) is 13.8. The molecule has 17 heavy (non-hydrogen) atoms. The lowest BCUT2D eigenvalue weighted by Gasteiger charge is -2.24. The van der Waals surface area contributed by atoms with Crippen molar-refractivity contribution in [3.63, 3.8) is 0 Å². The topological polar surface area (TPSA) is 59.0 Å². The molecule has 96 valence electrons. The molecule has 2 aliphatic rings. The number of hydrogen-bond donors (Lipinski definition) is 1. The minimum atomic E-state index is -0.659. The van der Waals surface area contributed by atoms with Crippen molar-refractivity contribution in [1.29, 1.82) is 0 Å². The number of carbonyl (C=O) groups is 1. The summed E-state index contributed by atoms with van der Waals surface area (Å²) in [5, 5.41) is 9.96. The van der Waals surface area contributed by atoms with Crippen LogP contribution in [0.1, 0.15) is 26.2 Å². The first kappa shape index (κ1) is 12.2. The SMILES string of the molecule is CC1(O)CCCN(C(=O)C2=COCCO2)CC1. The molecule has 0 aliphatic carbocycles. The molecule has 1 unspecified atom stereocenters. The Morgan fingerprint density at radius 1 is 1.41 bits per heavy atom. The van der Waals surface area contributed by atoms with E-state index in [9.17, 15) is 9.90 Å². The highest BCUT2D eigenvalue weighted by atomic mass is 16.6. The Morgan fingerprint density at radius 3 is 2.94 bits per heavy atom.